The summed E-state index contributed by atoms with van der Waals surface area (Å²) in [5.41, 5.74) is -2.78. The number of hydrogen-bond donors (Lipinski definition) is 2. The molecule has 20 heavy (non-hydrogen) atoms. The molecule has 1 aromatic carbocycles. The van der Waals surface area contributed by atoms with E-state index in [1.807, 2.05) is 0 Å². The number of alkyl halides is 2. The van der Waals surface area contributed by atoms with Gasteiger partial charge in [-0.1, -0.05) is 11.6 Å². The standard InChI is InChI=1S/C12H11ClF2N2O3/c1-6-5-12(20,11(14)15)17(16-6)10(19)8-3-2-7(13)4-9(8)18/h2-4,11,18,20H,5H2,1H3/t12-/m0/s1. The summed E-state index contributed by atoms with van der Waals surface area (Å²) in [6, 6.07) is 3.60. The number of benzene rings is 1. The molecule has 1 heterocycles. The Bertz CT molecular complexity index is 594. The van der Waals surface area contributed by atoms with Crippen molar-refractivity contribution in [1.29, 1.82) is 0 Å². The lowest BCUT2D eigenvalue weighted by Crippen LogP contribution is -2.51. The predicted molar refractivity (Wildman–Crippen MR) is 68.0 cm³/mol. The molecule has 1 aromatic rings. The minimum atomic E-state index is -3.19. The molecule has 5 nitrogen and oxygen atoms in total. The van der Waals surface area contributed by atoms with Crippen molar-refractivity contribution in [3.8, 4) is 5.75 Å². The molecule has 1 atom stereocenters. The molecule has 0 saturated carbocycles. The fraction of sp³-hybridized carbons (Fsp3) is 0.333. The van der Waals surface area contributed by atoms with E-state index in [2.05, 4.69) is 5.10 Å². The zero-order valence-electron chi connectivity index (χ0n) is 10.3. The average molecular weight is 305 g/mol. The fourth-order valence-electron chi connectivity index (χ4n) is 1.93. The Morgan fingerprint density at radius 2 is 2.20 bits per heavy atom. The third kappa shape index (κ3) is 2.34. The molecule has 0 bridgehead atoms. The van der Waals surface area contributed by atoms with Crippen LogP contribution >= 0.6 is 11.6 Å². The molecule has 2 N–H and O–H groups in total. The van der Waals surface area contributed by atoms with E-state index in [4.69, 9.17) is 11.6 Å². The number of aliphatic hydroxyl groups is 1. The van der Waals surface area contributed by atoms with Crippen molar-refractivity contribution in [1.82, 2.24) is 5.01 Å². The van der Waals surface area contributed by atoms with Crippen molar-refractivity contribution in [2.45, 2.75) is 25.5 Å². The Morgan fingerprint density at radius 1 is 1.55 bits per heavy atom. The number of halogens is 3. The van der Waals surface area contributed by atoms with Gasteiger partial charge in [-0.2, -0.15) is 10.1 Å². The first-order valence-electron chi connectivity index (χ1n) is 5.63. The van der Waals surface area contributed by atoms with Crippen LogP contribution in [0, 0.1) is 0 Å². The molecule has 108 valence electrons. The molecule has 0 saturated heterocycles. The molecule has 1 aliphatic rings. The normalized spacial score (nSPS) is 22.3. The predicted octanol–water partition coefficient (Wildman–Crippen LogP) is 2.22. The van der Waals surface area contributed by atoms with E-state index in [1.165, 1.54) is 19.1 Å². The summed E-state index contributed by atoms with van der Waals surface area (Å²) in [7, 11) is 0. The molecule has 0 unspecified atom stereocenters. The van der Waals surface area contributed by atoms with Gasteiger partial charge in [0.15, 0.2) is 0 Å². The van der Waals surface area contributed by atoms with Gasteiger partial charge >= 0.3 is 0 Å². The maximum atomic E-state index is 13.0. The van der Waals surface area contributed by atoms with E-state index in [0.717, 1.165) is 6.07 Å². The van der Waals surface area contributed by atoms with Crippen molar-refractivity contribution in [3.63, 3.8) is 0 Å². The lowest BCUT2D eigenvalue weighted by molar-refractivity contribution is -0.164. The highest BCUT2D eigenvalue weighted by Gasteiger charge is 2.51. The second-order valence-corrected chi connectivity index (χ2v) is 4.91. The van der Waals surface area contributed by atoms with Crippen LogP contribution in [0.15, 0.2) is 23.3 Å². The smallest absolute Gasteiger partial charge is 0.287 e. The van der Waals surface area contributed by atoms with Gasteiger partial charge in [0.1, 0.15) is 5.75 Å². The second kappa shape index (κ2) is 4.99. The summed E-state index contributed by atoms with van der Waals surface area (Å²) in [6.07, 6.45) is -3.65. The van der Waals surface area contributed by atoms with Crippen LogP contribution < -0.4 is 0 Å². The number of phenols is 1. The van der Waals surface area contributed by atoms with Crippen molar-refractivity contribution >= 4 is 23.2 Å². The van der Waals surface area contributed by atoms with Crippen molar-refractivity contribution in [2.75, 3.05) is 0 Å². The van der Waals surface area contributed by atoms with Crippen LogP contribution in [-0.4, -0.2) is 39.0 Å². The van der Waals surface area contributed by atoms with E-state index < -0.39 is 30.2 Å². The summed E-state index contributed by atoms with van der Waals surface area (Å²) in [5.74, 6) is -1.50. The SMILES string of the molecule is CC1=NN(C(=O)c2ccc(Cl)cc2O)[C@@](O)(C(F)F)C1. The molecule has 1 aliphatic heterocycles. The third-order valence-electron chi connectivity index (χ3n) is 2.89. The van der Waals surface area contributed by atoms with Crippen LogP contribution in [-0.2, 0) is 0 Å². The number of phenolic OH excluding ortho intramolecular Hbond substituents is 1. The quantitative estimate of drug-likeness (QED) is 0.880. The first-order valence-corrected chi connectivity index (χ1v) is 6.01. The van der Waals surface area contributed by atoms with Crippen LogP contribution in [0.2, 0.25) is 5.02 Å². The summed E-state index contributed by atoms with van der Waals surface area (Å²) in [4.78, 5) is 12.2. The van der Waals surface area contributed by atoms with E-state index in [0.29, 0.717) is 5.01 Å². The number of carbonyl (C=O) groups is 1. The summed E-state index contributed by atoms with van der Waals surface area (Å²) in [6.45, 7) is 1.42. The van der Waals surface area contributed by atoms with E-state index in [1.54, 1.807) is 0 Å². The van der Waals surface area contributed by atoms with Crippen LogP contribution in [0.1, 0.15) is 23.7 Å². The first-order chi connectivity index (χ1) is 9.25. The molecule has 0 aliphatic carbocycles. The first kappa shape index (κ1) is 14.7. The lowest BCUT2D eigenvalue weighted by Gasteiger charge is -2.30. The van der Waals surface area contributed by atoms with Gasteiger partial charge in [-0.25, -0.2) is 8.78 Å². The maximum Gasteiger partial charge on any atom is 0.287 e. The Morgan fingerprint density at radius 3 is 2.75 bits per heavy atom. The largest absolute Gasteiger partial charge is 0.507 e. The molecular formula is C12H11ClF2N2O3. The molecule has 8 heteroatoms. The fourth-order valence-corrected chi connectivity index (χ4v) is 2.10. The van der Waals surface area contributed by atoms with E-state index >= 15 is 0 Å². The molecule has 2 rings (SSSR count). The Kier molecular flexibility index (Phi) is 3.66. The summed E-state index contributed by atoms with van der Waals surface area (Å²) in [5, 5.41) is 23.7. The Balaban J connectivity index is 2.41. The number of hydrazone groups is 1. The van der Waals surface area contributed by atoms with Gasteiger partial charge in [-0.15, -0.1) is 0 Å². The summed E-state index contributed by atoms with van der Waals surface area (Å²) >= 11 is 5.63. The van der Waals surface area contributed by atoms with Crippen LogP contribution in [0.5, 0.6) is 5.75 Å². The molecular weight excluding hydrogens is 294 g/mol. The van der Waals surface area contributed by atoms with Gasteiger partial charge in [0.2, 0.25) is 5.72 Å². The third-order valence-corrected chi connectivity index (χ3v) is 3.12. The minimum absolute atomic E-state index is 0.185. The van der Waals surface area contributed by atoms with Gasteiger partial charge in [0, 0.05) is 17.2 Å². The van der Waals surface area contributed by atoms with Gasteiger partial charge in [0.05, 0.1) is 5.56 Å². The molecule has 0 spiro atoms. The van der Waals surface area contributed by atoms with Gasteiger partial charge in [-0.05, 0) is 25.1 Å². The summed E-state index contributed by atoms with van der Waals surface area (Å²) < 4.78 is 26.0. The average Bonchev–Trinajstić information content (AvgIpc) is 2.65. The van der Waals surface area contributed by atoms with Gasteiger partial charge < -0.3 is 10.2 Å². The van der Waals surface area contributed by atoms with Crippen LogP contribution in [0.4, 0.5) is 8.78 Å². The number of rotatable bonds is 2. The monoisotopic (exact) mass is 304 g/mol. The highest BCUT2D eigenvalue weighted by atomic mass is 35.5. The maximum absolute atomic E-state index is 13.0. The highest BCUT2D eigenvalue weighted by Crippen LogP contribution is 2.34. The highest BCUT2D eigenvalue weighted by molar-refractivity contribution is 6.30. The van der Waals surface area contributed by atoms with Crippen LogP contribution in [0.3, 0.4) is 0 Å². The zero-order valence-corrected chi connectivity index (χ0v) is 11.1. The number of aromatic hydroxyl groups is 1. The zero-order chi connectivity index (χ0) is 15.1. The number of nitrogens with zero attached hydrogens (tertiary/aromatic N) is 2. The minimum Gasteiger partial charge on any atom is -0.507 e. The van der Waals surface area contributed by atoms with Crippen LogP contribution in [0.25, 0.3) is 0 Å². The Labute approximate surface area is 118 Å². The topological polar surface area (TPSA) is 73.1 Å². The Hall–Kier alpha value is -1.73. The number of carbonyl (C=O) groups excluding carboxylic acids is 1. The number of amides is 1. The molecule has 1 amide bonds. The van der Waals surface area contributed by atoms with Gasteiger partial charge in [-0.3, -0.25) is 4.79 Å². The second-order valence-electron chi connectivity index (χ2n) is 4.47. The number of hydrogen-bond acceptors (Lipinski definition) is 4. The molecule has 0 radical (unpaired) electrons. The van der Waals surface area contributed by atoms with Crippen molar-refractivity contribution in [2.24, 2.45) is 5.10 Å². The van der Waals surface area contributed by atoms with Gasteiger partial charge in [0.25, 0.3) is 12.3 Å². The molecule has 0 aromatic heterocycles. The van der Waals surface area contributed by atoms with E-state index in [9.17, 15) is 23.8 Å². The van der Waals surface area contributed by atoms with Crippen molar-refractivity contribution in [3.05, 3.63) is 28.8 Å². The van der Waals surface area contributed by atoms with E-state index in [-0.39, 0.29) is 16.3 Å². The lowest BCUT2D eigenvalue weighted by atomic mass is 10.1. The van der Waals surface area contributed by atoms with Crippen molar-refractivity contribution < 1.29 is 23.8 Å². The molecule has 0 fully saturated rings.